The Morgan fingerprint density at radius 1 is 0.971 bits per heavy atom. The molecule has 1 aromatic carbocycles. The number of alkyl carbamates (subject to hydrolysis) is 1. The Morgan fingerprint density at radius 3 is 2.03 bits per heavy atom. The quantitative estimate of drug-likeness (QED) is 0.347. The number of hydrogen-bond donors (Lipinski definition) is 5. The molecule has 34 heavy (non-hydrogen) atoms. The number of anilines is 1. The number of benzene rings is 1. The highest BCUT2D eigenvalue weighted by atomic mass is 16.6. The number of rotatable bonds is 10. The lowest BCUT2D eigenvalue weighted by atomic mass is 9.99. The molecule has 1 rings (SSSR count). The van der Waals surface area contributed by atoms with Crippen LogP contribution in [0.15, 0.2) is 24.3 Å². The van der Waals surface area contributed by atoms with Crippen LogP contribution in [0.2, 0.25) is 0 Å². The first-order chi connectivity index (χ1) is 15.7. The highest BCUT2D eigenvalue weighted by Crippen LogP contribution is 2.18. The highest BCUT2D eigenvalue weighted by molar-refractivity contribution is 5.98. The number of carbonyl (C=O) groups excluding carboxylic acids is 4. The monoisotopic (exact) mass is 478 g/mol. The van der Waals surface area contributed by atoms with Gasteiger partial charge in [-0.05, 0) is 51.3 Å². The minimum Gasteiger partial charge on any atom is -0.444 e. The molecule has 0 saturated heterocycles. The highest BCUT2D eigenvalue weighted by Gasteiger charge is 2.26. The van der Waals surface area contributed by atoms with Gasteiger partial charge in [-0.3, -0.25) is 14.4 Å². The van der Waals surface area contributed by atoms with E-state index in [0.717, 1.165) is 5.56 Å². The van der Waals surface area contributed by atoms with Crippen LogP contribution in [0.5, 0.6) is 0 Å². The summed E-state index contributed by atoms with van der Waals surface area (Å²) < 4.78 is 5.20. The van der Waals surface area contributed by atoms with E-state index in [0.29, 0.717) is 5.69 Å². The van der Waals surface area contributed by atoms with Gasteiger partial charge in [-0.2, -0.15) is 0 Å². The van der Waals surface area contributed by atoms with Crippen molar-refractivity contribution in [1.82, 2.24) is 16.0 Å². The lowest BCUT2D eigenvalue weighted by Crippen LogP contribution is -2.53. The van der Waals surface area contributed by atoms with Gasteiger partial charge in [-0.1, -0.05) is 26.0 Å². The van der Waals surface area contributed by atoms with Gasteiger partial charge in [0.1, 0.15) is 17.7 Å². The summed E-state index contributed by atoms with van der Waals surface area (Å²) in [5.74, 6) is -1.68. The van der Waals surface area contributed by atoms with Gasteiger partial charge in [0.25, 0.3) is 0 Å². The van der Waals surface area contributed by atoms with E-state index < -0.39 is 35.6 Å². The number of carbonyl (C=O) groups is 4. The molecule has 3 atom stereocenters. The molecule has 0 aromatic heterocycles. The maximum atomic E-state index is 12.5. The standard InChI is InChI=1S/C24H38N4O6/c1-14(2)20(27-16(4)30)22(32)26-15(3)21(31)28-19-10-8-17(9-11-19)18(13-29)12-25-23(33)34-24(5,6)7/h8-11,14-15,18,20,29H,12-13H2,1-7H3,(H,25,33)(H,26,32)(H,27,30)(H,28,31)/t15-,18?,20-/m0/s1. The molecule has 5 N–H and O–H groups in total. The third kappa shape index (κ3) is 10.2. The largest absolute Gasteiger partial charge is 0.444 e. The average molecular weight is 479 g/mol. The van der Waals surface area contributed by atoms with Crippen molar-refractivity contribution in [3.05, 3.63) is 29.8 Å². The fraction of sp³-hybridized carbons (Fsp3) is 0.583. The molecule has 0 spiro atoms. The molecule has 0 fully saturated rings. The van der Waals surface area contributed by atoms with Crippen LogP contribution in [-0.2, 0) is 19.1 Å². The minimum absolute atomic E-state index is 0.143. The van der Waals surface area contributed by atoms with Gasteiger partial charge in [0.2, 0.25) is 17.7 Å². The molecule has 190 valence electrons. The van der Waals surface area contributed by atoms with E-state index in [1.54, 1.807) is 65.8 Å². The van der Waals surface area contributed by atoms with Crippen LogP contribution in [0.25, 0.3) is 0 Å². The summed E-state index contributed by atoms with van der Waals surface area (Å²) in [5, 5.41) is 20.3. The Kier molecular flexibility index (Phi) is 11.0. The Morgan fingerprint density at radius 2 is 1.56 bits per heavy atom. The van der Waals surface area contributed by atoms with Gasteiger partial charge in [0, 0.05) is 25.1 Å². The summed E-state index contributed by atoms with van der Waals surface area (Å²) in [6.45, 7) is 11.8. The van der Waals surface area contributed by atoms with E-state index in [9.17, 15) is 24.3 Å². The molecule has 0 aliphatic carbocycles. The van der Waals surface area contributed by atoms with Crippen LogP contribution < -0.4 is 21.3 Å². The summed E-state index contributed by atoms with van der Waals surface area (Å²) in [5.41, 5.74) is 0.663. The van der Waals surface area contributed by atoms with E-state index >= 15 is 0 Å². The lowest BCUT2D eigenvalue weighted by Gasteiger charge is -2.23. The molecule has 0 aliphatic heterocycles. The van der Waals surface area contributed by atoms with Gasteiger partial charge in [0.15, 0.2) is 0 Å². The van der Waals surface area contributed by atoms with Crippen molar-refractivity contribution in [2.45, 2.75) is 72.1 Å². The first kappa shape index (κ1) is 28.9. The second-order valence-electron chi connectivity index (χ2n) is 9.53. The van der Waals surface area contributed by atoms with E-state index in [1.165, 1.54) is 6.92 Å². The van der Waals surface area contributed by atoms with Gasteiger partial charge in [-0.15, -0.1) is 0 Å². The number of aliphatic hydroxyl groups is 1. The smallest absolute Gasteiger partial charge is 0.407 e. The first-order valence-electron chi connectivity index (χ1n) is 11.3. The molecule has 10 nitrogen and oxygen atoms in total. The fourth-order valence-corrected chi connectivity index (χ4v) is 3.02. The molecule has 0 radical (unpaired) electrons. The third-order valence-electron chi connectivity index (χ3n) is 4.82. The van der Waals surface area contributed by atoms with Crippen molar-refractivity contribution in [2.75, 3.05) is 18.5 Å². The maximum Gasteiger partial charge on any atom is 0.407 e. The molecule has 1 aromatic rings. The number of ether oxygens (including phenoxy) is 1. The number of nitrogens with one attached hydrogen (secondary N) is 4. The van der Waals surface area contributed by atoms with E-state index in [4.69, 9.17) is 4.74 Å². The fourth-order valence-electron chi connectivity index (χ4n) is 3.02. The van der Waals surface area contributed by atoms with Crippen LogP contribution in [0.4, 0.5) is 10.5 Å². The zero-order valence-corrected chi connectivity index (χ0v) is 21.0. The Hall–Kier alpha value is -3.14. The molecule has 0 aliphatic rings. The van der Waals surface area contributed by atoms with E-state index in [2.05, 4.69) is 21.3 Å². The summed E-state index contributed by atoms with van der Waals surface area (Å²) >= 11 is 0. The molecule has 0 bridgehead atoms. The van der Waals surface area contributed by atoms with Crippen molar-refractivity contribution in [3.63, 3.8) is 0 Å². The summed E-state index contributed by atoms with van der Waals surface area (Å²) in [7, 11) is 0. The molecular formula is C24H38N4O6. The van der Waals surface area contributed by atoms with Gasteiger partial charge < -0.3 is 31.1 Å². The zero-order valence-electron chi connectivity index (χ0n) is 21.0. The molecule has 1 unspecified atom stereocenters. The second-order valence-corrected chi connectivity index (χ2v) is 9.53. The Bertz CT molecular complexity index is 848. The van der Waals surface area contributed by atoms with Crippen LogP contribution in [-0.4, -0.2) is 59.8 Å². The minimum atomic E-state index is -0.828. The van der Waals surface area contributed by atoms with Crippen molar-refractivity contribution in [3.8, 4) is 0 Å². The van der Waals surface area contributed by atoms with Crippen molar-refractivity contribution in [2.24, 2.45) is 5.92 Å². The zero-order chi connectivity index (χ0) is 26.1. The van der Waals surface area contributed by atoms with Crippen LogP contribution >= 0.6 is 0 Å². The maximum absolute atomic E-state index is 12.5. The SMILES string of the molecule is CC(=O)N[C@H](C(=O)N[C@@H](C)C(=O)Nc1ccc(C(CO)CNC(=O)OC(C)(C)C)cc1)C(C)C. The number of aliphatic hydroxyl groups excluding tert-OH is 1. The summed E-state index contributed by atoms with van der Waals surface area (Å²) in [6, 6.07) is 5.25. The van der Waals surface area contributed by atoms with Gasteiger partial charge in [0.05, 0.1) is 6.61 Å². The number of amides is 4. The third-order valence-corrected chi connectivity index (χ3v) is 4.82. The normalized spacial score (nSPS) is 13.9. The summed E-state index contributed by atoms with van der Waals surface area (Å²) in [4.78, 5) is 48.2. The van der Waals surface area contributed by atoms with Gasteiger partial charge >= 0.3 is 6.09 Å². The summed E-state index contributed by atoms with van der Waals surface area (Å²) in [6.07, 6.45) is -0.566. The van der Waals surface area contributed by atoms with Crippen molar-refractivity contribution < 1.29 is 29.0 Å². The first-order valence-corrected chi connectivity index (χ1v) is 11.3. The van der Waals surface area contributed by atoms with E-state index in [-0.39, 0.29) is 30.9 Å². The Balaban J connectivity index is 2.68. The van der Waals surface area contributed by atoms with Crippen molar-refractivity contribution in [1.29, 1.82) is 0 Å². The molecule has 4 amide bonds. The predicted molar refractivity (Wildman–Crippen MR) is 129 cm³/mol. The topological polar surface area (TPSA) is 146 Å². The van der Waals surface area contributed by atoms with Gasteiger partial charge in [-0.25, -0.2) is 4.79 Å². The van der Waals surface area contributed by atoms with E-state index in [1.807, 2.05) is 0 Å². The lowest BCUT2D eigenvalue weighted by molar-refractivity contribution is -0.131. The average Bonchev–Trinajstić information content (AvgIpc) is 2.71. The Labute approximate surface area is 201 Å². The molecule has 10 heteroatoms. The van der Waals surface area contributed by atoms with Crippen LogP contribution in [0, 0.1) is 5.92 Å². The predicted octanol–water partition coefficient (Wildman–Crippen LogP) is 1.89. The van der Waals surface area contributed by atoms with Crippen molar-refractivity contribution >= 4 is 29.5 Å². The van der Waals surface area contributed by atoms with Crippen LogP contribution in [0.3, 0.4) is 0 Å². The number of hydrogen-bond acceptors (Lipinski definition) is 6. The second kappa shape index (κ2) is 12.9. The molecule has 0 heterocycles. The molecule has 0 saturated carbocycles. The van der Waals surface area contributed by atoms with Crippen LogP contribution in [0.1, 0.15) is 59.9 Å². The molecular weight excluding hydrogens is 440 g/mol.